The maximum absolute atomic E-state index is 6.34. The fourth-order valence-corrected chi connectivity index (χ4v) is 5.06. The molecule has 0 unspecified atom stereocenters. The summed E-state index contributed by atoms with van der Waals surface area (Å²) >= 11 is 0. The molecule has 5 heteroatoms. The van der Waals surface area contributed by atoms with Crippen molar-refractivity contribution in [1.29, 1.82) is 0 Å². The predicted molar refractivity (Wildman–Crippen MR) is 150 cm³/mol. The van der Waals surface area contributed by atoms with Gasteiger partial charge in [-0.25, -0.2) is 0 Å². The third kappa shape index (κ3) is 5.79. The Morgan fingerprint density at radius 3 is 1.95 bits per heavy atom. The van der Waals surface area contributed by atoms with Crippen molar-refractivity contribution in [2.24, 2.45) is 0 Å². The van der Waals surface area contributed by atoms with Gasteiger partial charge in [-0.3, -0.25) is 0 Å². The Morgan fingerprint density at radius 1 is 0.711 bits per heavy atom. The van der Waals surface area contributed by atoms with Gasteiger partial charge < -0.3 is 24.3 Å². The summed E-state index contributed by atoms with van der Waals surface area (Å²) in [5.41, 5.74) is 5.95. The SMILES string of the molecule is COc1cc2c(cc1OC)[C@@H]([C@H](C)c1ccc(OCc3ccccc3)c(OCc3ccccc3)c1)NCC2. The topological polar surface area (TPSA) is 49.0 Å². The summed E-state index contributed by atoms with van der Waals surface area (Å²) in [4.78, 5) is 0. The molecule has 1 aliphatic rings. The molecule has 0 amide bonds. The van der Waals surface area contributed by atoms with Crippen LogP contribution in [0.25, 0.3) is 0 Å². The number of hydrogen-bond acceptors (Lipinski definition) is 5. The van der Waals surface area contributed by atoms with Crippen molar-refractivity contribution in [1.82, 2.24) is 5.32 Å². The van der Waals surface area contributed by atoms with E-state index < -0.39 is 0 Å². The molecule has 0 bridgehead atoms. The fourth-order valence-electron chi connectivity index (χ4n) is 5.06. The molecule has 1 heterocycles. The van der Waals surface area contributed by atoms with Crippen LogP contribution in [-0.2, 0) is 19.6 Å². The highest BCUT2D eigenvalue weighted by molar-refractivity contribution is 5.51. The average molecular weight is 510 g/mol. The number of hydrogen-bond donors (Lipinski definition) is 1. The number of nitrogens with one attached hydrogen (secondary N) is 1. The van der Waals surface area contributed by atoms with Crippen LogP contribution >= 0.6 is 0 Å². The molecule has 1 aliphatic heterocycles. The van der Waals surface area contributed by atoms with E-state index in [1.54, 1.807) is 14.2 Å². The molecule has 0 saturated heterocycles. The standard InChI is InChI=1S/C33H35NO4/c1-23(33-28-20-31(36-3)30(35-2)19-27(28)16-17-34-33)26-14-15-29(37-21-24-10-6-4-7-11-24)32(18-26)38-22-25-12-8-5-9-13-25/h4-15,18-20,23,33-34H,16-17,21-22H2,1-3H3/t23-,33-/m1/s1. The monoisotopic (exact) mass is 509 g/mol. The zero-order valence-corrected chi connectivity index (χ0v) is 22.3. The predicted octanol–water partition coefficient (Wildman–Crippen LogP) is 6.85. The molecule has 4 aromatic carbocycles. The van der Waals surface area contributed by atoms with Crippen molar-refractivity contribution in [3.05, 3.63) is 119 Å². The van der Waals surface area contributed by atoms with Gasteiger partial charge in [-0.05, 0) is 65.0 Å². The quantitative estimate of drug-likeness (QED) is 0.253. The summed E-state index contributed by atoms with van der Waals surface area (Å²) in [6.45, 7) is 4.12. The number of methoxy groups -OCH3 is 2. The van der Waals surface area contributed by atoms with Crippen molar-refractivity contribution in [3.63, 3.8) is 0 Å². The van der Waals surface area contributed by atoms with E-state index in [1.165, 1.54) is 16.7 Å². The summed E-state index contributed by atoms with van der Waals surface area (Å²) in [7, 11) is 3.37. The second kappa shape index (κ2) is 12.1. The van der Waals surface area contributed by atoms with Gasteiger partial charge in [0.2, 0.25) is 0 Å². The van der Waals surface area contributed by atoms with Crippen molar-refractivity contribution in [3.8, 4) is 23.0 Å². The van der Waals surface area contributed by atoms with Gasteiger partial charge in [-0.15, -0.1) is 0 Å². The molecule has 0 saturated carbocycles. The van der Waals surface area contributed by atoms with Crippen LogP contribution in [0.5, 0.6) is 23.0 Å². The summed E-state index contributed by atoms with van der Waals surface area (Å²) in [5.74, 6) is 3.20. The molecule has 0 fully saturated rings. The lowest BCUT2D eigenvalue weighted by Gasteiger charge is -2.33. The van der Waals surface area contributed by atoms with Crippen LogP contribution in [-0.4, -0.2) is 20.8 Å². The Hall–Kier alpha value is -3.96. The lowest BCUT2D eigenvalue weighted by molar-refractivity contribution is 0.255. The van der Waals surface area contributed by atoms with Gasteiger partial charge in [-0.2, -0.15) is 0 Å². The maximum atomic E-state index is 6.34. The Kier molecular flexibility index (Phi) is 8.15. The second-order valence-corrected chi connectivity index (χ2v) is 9.63. The molecule has 4 aromatic rings. The molecule has 0 spiro atoms. The molecule has 1 N–H and O–H groups in total. The number of benzene rings is 4. The number of rotatable bonds is 10. The van der Waals surface area contributed by atoms with Crippen LogP contribution < -0.4 is 24.3 Å². The number of fused-ring (bicyclic) bond motifs is 1. The first-order valence-electron chi connectivity index (χ1n) is 13.1. The normalized spacial score (nSPS) is 15.3. The summed E-state index contributed by atoms with van der Waals surface area (Å²) in [6, 6.07) is 31.1. The molecule has 0 radical (unpaired) electrons. The Labute approximate surface area is 225 Å². The molecule has 2 atom stereocenters. The molecular formula is C33H35NO4. The molecule has 5 rings (SSSR count). The van der Waals surface area contributed by atoms with E-state index in [4.69, 9.17) is 18.9 Å². The first-order chi connectivity index (χ1) is 18.7. The van der Waals surface area contributed by atoms with E-state index in [-0.39, 0.29) is 12.0 Å². The van der Waals surface area contributed by atoms with Gasteiger partial charge in [0.15, 0.2) is 23.0 Å². The Bertz CT molecular complexity index is 1340. The summed E-state index contributed by atoms with van der Waals surface area (Å²) in [6.07, 6.45) is 0.955. The first-order valence-corrected chi connectivity index (χ1v) is 13.1. The van der Waals surface area contributed by atoms with Crippen LogP contribution in [0, 0.1) is 0 Å². The van der Waals surface area contributed by atoms with Crippen LogP contribution in [0.1, 0.15) is 46.7 Å². The van der Waals surface area contributed by atoms with Crippen LogP contribution in [0.3, 0.4) is 0 Å². The molecule has 196 valence electrons. The van der Waals surface area contributed by atoms with E-state index >= 15 is 0 Å². The zero-order valence-electron chi connectivity index (χ0n) is 22.3. The number of ether oxygens (including phenoxy) is 4. The lowest BCUT2D eigenvalue weighted by Crippen LogP contribution is -2.33. The molecule has 0 aromatic heterocycles. The van der Waals surface area contributed by atoms with E-state index in [0.717, 1.165) is 47.1 Å². The maximum Gasteiger partial charge on any atom is 0.161 e. The third-order valence-electron chi connectivity index (χ3n) is 7.21. The van der Waals surface area contributed by atoms with Crippen molar-refractivity contribution < 1.29 is 18.9 Å². The first kappa shape index (κ1) is 25.7. The largest absolute Gasteiger partial charge is 0.493 e. The van der Waals surface area contributed by atoms with Crippen molar-refractivity contribution >= 4 is 0 Å². The minimum absolute atomic E-state index is 0.136. The molecule has 0 aliphatic carbocycles. The molecule has 38 heavy (non-hydrogen) atoms. The van der Waals surface area contributed by atoms with Crippen LogP contribution in [0.15, 0.2) is 91.0 Å². The molecule has 5 nitrogen and oxygen atoms in total. The second-order valence-electron chi connectivity index (χ2n) is 9.63. The van der Waals surface area contributed by atoms with E-state index in [9.17, 15) is 0 Å². The van der Waals surface area contributed by atoms with Crippen molar-refractivity contribution in [2.75, 3.05) is 20.8 Å². The minimum atomic E-state index is 0.136. The molecular weight excluding hydrogens is 474 g/mol. The van der Waals surface area contributed by atoms with Gasteiger partial charge in [0.05, 0.1) is 14.2 Å². The van der Waals surface area contributed by atoms with Crippen molar-refractivity contribution in [2.45, 2.75) is 38.5 Å². The van der Waals surface area contributed by atoms with Gasteiger partial charge >= 0.3 is 0 Å². The highest BCUT2D eigenvalue weighted by atomic mass is 16.5. The minimum Gasteiger partial charge on any atom is -0.493 e. The van der Waals surface area contributed by atoms with Crippen LogP contribution in [0.4, 0.5) is 0 Å². The third-order valence-corrected chi connectivity index (χ3v) is 7.21. The van der Waals surface area contributed by atoms with Gasteiger partial charge in [0.25, 0.3) is 0 Å². The van der Waals surface area contributed by atoms with Gasteiger partial charge in [0, 0.05) is 12.0 Å². The smallest absolute Gasteiger partial charge is 0.161 e. The van der Waals surface area contributed by atoms with Gasteiger partial charge in [0.1, 0.15) is 13.2 Å². The fraction of sp³-hybridized carbons (Fsp3) is 0.273. The zero-order chi connectivity index (χ0) is 26.3. The van der Waals surface area contributed by atoms with Crippen LogP contribution in [0.2, 0.25) is 0 Å². The van der Waals surface area contributed by atoms with E-state index in [1.807, 2.05) is 42.5 Å². The summed E-state index contributed by atoms with van der Waals surface area (Å²) in [5, 5.41) is 3.73. The Morgan fingerprint density at radius 2 is 1.32 bits per heavy atom. The highest BCUT2D eigenvalue weighted by Crippen LogP contribution is 2.42. The summed E-state index contributed by atoms with van der Waals surface area (Å²) < 4.78 is 23.7. The van der Waals surface area contributed by atoms with E-state index in [0.29, 0.717) is 13.2 Å². The van der Waals surface area contributed by atoms with Gasteiger partial charge in [-0.1, -0.05) is 73.7 Å². The lowest BCUT2D eigenvalue weighted by atomic mass is 9.83. The van der Waals surface area contributed by atoms with E-state index in [2.05, 4.69) is 60.8 Å². The highest BCUT2D eigenvalue weighted by Gasteiger charge is 2.28. The Balaban J connectivity index is 1.43. The average Bonchev–Trinajstić information content (AvgIpc) is 2.98.